The predicted molar refractivity (Wildman–Crippen MR) is 67.9 cm³/mol. The number of carbonyl (C=O) groups excluding carboxylic acids is 1. The van der Waals surface area contributed by atoms with Crippen molar-refractivity contribution < 1.29 is 4.79 Å². The molecule has 0 aliphatic rings. The molecule has 1 atom stereocenters. The Morgan fingerprint density at radius 1 is 1.13 bits per heavy atom. The van der Waals surface area contributed by atoms with Gasteiger partial charge in [-0.25, -0.2) is 0 Å². The van der Waals surface area contributed by atoms with Crippen molar-refractivity contribution in [3.8, 4) is 0 Å². The molecule has 0 bridgehead atoms. The van der Waals surface area contributed by atoms with Crippen molar-refractivity contribution in [1.29, 1.82) is 0 Å². The molecule has 0 aliphatic heterocycles. The molecule has 0 spiro atoms. The number of nitrogens with zero attached hydrogens (tertiary/aromatic N) is 1. The van der Waals surface area contributed by atoms with Crippen LogP contribution in [0.1, 0.15) is 61.3 Å². The summed E-state index contributed by atoms with van der Waals surface area (Å²) in [6, 6.07) is 0.735. The van der Waals surface area contributed by atoms with E-state index in [1.165, 1.54) is 0 Å². The molecule has 15 heavy (non-hydrogen) atoms. The van der Waals surface area contributed by atoms with E-state index in [0.717, 1.165) is 19.3 Å². The lowest BCUT2D eigenvalue weighted by atomic mass is 10.00. The van der Waals surface area contributed by atoms with Crippen LogP contribution in [0.25, 0.3) is 0 Å². The fourth-order valence-electron chi connectivity index (χ4n) is 1.67. The quantitative estimate of drug-likeness (QED) is 0.619. The van der Waals surface area contributed by atoms with E-state index in [1.807, 2.05) is 18.7 Å². The Bertz CT molecular complexity index is 143. The van der Waals surface area contributed by atoms with E-state index >= 15 is 0 Å². The maximum atomic E-state index is 10.9. The third kappa shape index (κ3) is 7.40. The minimum absolute atomic E-state index is 0.321. The van der Waals surface area contributed by atoms with Gasteiger partial charge in [0.15, 0.2) is 0 Å². The van der Waals surface area contributed by atoms with Gasteiger partial charge in [0.2, 0.25) is 6.41 Å². The highest BCUT2D eigenvalue weighted by atomic mass is 16.1. The predicted octanol–water partition coefficient (Wildman–Crippen LogP) is 3.70. The van der Waals surface area contributed by atoms with Crippen molar-refractivity contribution in [2.45, 2.75) is 73.4 Å². The Balaban J connectivity index is 0. The average Bonchev–Trinajstić information content (AvgIpc) is 2.19. The van der Waals surface area contributed by atoms with E-state index in [9.17, 15) is 4.79 Å². The fraction of sp³-hybridized carbons (Fsp3) is 0.923. The summed E-state index contributed by atoms with van der Waals surface area (Å²) in [6.07, 6.45) is 3.14. The number of hydrogen-bond donors (Lipinski definition) is 0. The minimum Gasteiger partial charge on any atom is -0.340 e. The van der Waals surface area contributed by atoms with E-state index in [-0.39, 0.29) is 0 Å². The van der Waals surface area contributed by atoms with Crippen molar-refractivity contribution in [2.24, 2.45) is 5.92 Å². The molecule has 0 heterocycles. The van der Waals surface area contributed by atoms with Gasteiger partial charge in [0, 0.05) is 12.1 Å². The lowest BCUT2D eigenvalue weighted by Gasteiger charge is -2.32. The van der Waals surface area contributed by atoms with Crippen molar-refractivity contribution in [1.82, 2.24) is 4.90 Å². The lowest BCUT2D eigenvalue weighted by molar-refractivity contribution is -0.122. The maximum absolute atomic E-state index is 10.9. The summed E-state index contributed by atoms with van der Waals surface area (Å²) in [5.74, 6) is 0.658. The van der Waals surface area contributed by atoms with Gasteiger partial charge in [0.25, 0.3) is 0 Å². The third-order valence-corrected chi connectivity index (χ3v) is 2.35. The Labute approximate surface area is 96.0 Å². The number of rotatable bonds is 6. The molecule has 2 nitrogen and oxygen atoms in total. The Kier molecular flexibility index (Phi) is 11.3. The average molecular weight is 215 g/mol. The first-order chi connectivity index (χ1) is 7.02. The first-order valence-corrected chi connectivity index (χ1v) is 6.25. The van der Waals surface area contributed by atoms with E-state index in [1.54, 1.807) is 0 Å². The molecule has 0 saturated carbocycles. The van der Waals surface area contributed by atoms with Gasteiger partial charge < -0.3 is 4.90 Å². The molecule has 0 radical (unpaired) electrons. The highest BCUT2D eigenvalue weighted by Crippen LogP contribution is 2.15. The molecule has 0 aliphatic carbocycles. The van der Waals surface area contributed by atoms with Crippen molar-refractivity contribution >= 4 is 6.41 Å². The summed E-state index contributed by atoms with van der Waals surface area (Å²) in [5, 5.41) is 0. The lowest BCUT2D eigenvalue weighted by Crippen LogP contribution is -2.39. The summed E-state index contributed by atoms with van der Waals surface area (Å²) in [7, 11) is 0. The van der Waals surface area contributed by atoms with Crippen LogP contribution < -0.4 is 0 Å². The molecular weight excluding hydrogens is 186 g/mol. The van der Waals surface area contributed by atoms with E-state index in [2.05, 4.69) is 34.6 Å². The molecule has 92 valence electrons. The standard InChI is InChI=1S/C11H23NO.C2H6/c1-6-11(7-9(2)3)12(8-13)10(4)5;1-2/h8-11H,6-7H2,1-5H3;1-2H3. The van der Waals surface area contributed by atoms with Gasteiger partial charge in [-0.05, 0) is 32.6 Å². The van der Waals surface area contributed by atoms with Crippen molar-refractivity contribution in [3.05, 3.63) is 0 Å². The summed E-state index contributed by atoms with van der Waals surface area (Å²) in [5.41, 5.74) is 0. The zero-order chi connectivity index (χ0) is 12.4. The summed E-state index contributed by atoms with van der Waals surface area (Å²) in [4.78, 5) is 12.8. The molecule has 0 aromatic heterocycles. The Hall–Kier alpha value is -0.530. The van der Waals surface area contributed by atoms with Crippen LogP contribution in [0.4, 0.5) is 0 Å². The largest absolute Gasteiger partial charge is 0.340 e. The third-order valence-electron chi connectivity index (χ3n) is 2.35. The Morgan fingerprint density at radius 3 is 1.80 bits per heavy atom. The molecule has 0 saturated heterocycles. The highest BCUT2D eigenvalue weighted by Gasteiger charge is 2.18. The highest BCUT2D eigenvalue weighted by molar-refractivity contribution is 5.48. The van der Waals surface area contributed by atoms with Gasteiger partial charge >= 0.3 is 0 Å². The first-order valence-electron chi connectivity index (χ1n) is 6.25. The molecule has 0 N–H and O–H groups in total. The van der Waals surface area contributed by atoms with Gasteiger partial charge in [0.05, 0.1) is 0 Å². The minimum atomic E-state index is 0.321. The van der Waals surface area contributed by atoms with Crippen LogP contribution in [0.2, 0.25) is 0 Å². The SMILES string of the molecule is CC.CCC(CC(C)C)N(C=O)C(C)C. The maximum Gasteiger partial charge on any atom is 0.210 e. The van der Waals surface area contributed by atoms with Gasteiger partial charge in [0.1, 0.15) is 0 Å². The molecule has 1 unspecified atom stereocenters. The van der Waals surface area contributed by atoms with E-state index in [0.29, 0.717) is 18.0 Å². The van der Waals surface area contributed by atoms with Crippen LogP contribution in [0, 0.1) is 5.92 Å². The van der Waals surface area contributed by atoms with Gasteiger partial charge in [-0.2, -0.15) is 0 Å². The van der Waals surface area contributed by atoms with Crippen LogP contribution in [0.3, 0.4) is 0 Å². The second-order valence-corrected chi connectivity index (χ2v) is 4.34. The van der Waals surface area contributed by atoms with Gasteiger partial charge in [-0.1, -0.05) is 34.6 Å². The summed E-state index contributed by atoms with van der Waals surface area (Å²) >= 11 is 0. The normalized spacial score (nSPS) is 12.1. The number of amides is 1. The Morgan fingerprint density at radius 2 is 1.60 bits per heavy atom. The van der Waals surface area contributed by atoms with Crippen molar-refractivity contribution in [2.75, 3.05) is 0 Å². The number of hydrogen-bond acceptors (Lipinski definition) is 1. The number of carbonyl (C=O) groups is 1. The topological polar surface area (TPSA) is 20.3 Å². The molecule has 2 heteroatoms. The van der Waals surface area contributed by atoms with Crippen LogP contribution in [0.15, 0.2) is 0 Å². The zero-order valence-electron chi connectivity index (χ0n) is 11.6. The molecular formula is C13H29NO. The van der Waals surface area contributed by atoms with Crippen LogP contribution in [-0.4, -0.2) is 23.4 Å². The van der Waals surface area contributed by atoms with Crippen molar-refractivity contribution in [3.63, 3.8) is 0 Å². The first kappa shape index (κ1) is 16.9. The fourth-order valence-corrected chi connectivity index (χ4v) is 1.67. The van der Waals surface area contributed by atoms with Crippen LogP contribution in [-0.2, 0) is 4.79 Å². The zero-order valence-corrected chi connectivity index (χ0v) is 11.6. The van der Waals surface area contributed by atoms with Gasteiger partial charge in [-0.3, -0.25) is 4.79 Å². The summed E-state index contributed by atoms with van der Waals surface area (Å²) < 4.78 is 0. The van der Waals surface area contributed by atoms with E-state index in [4.69, 9.17) is 0 Å². The monoisotopic (exact) mass is 215 g/mol. The van der Waals surface area contributed by atoms with Crippen LogP contribution in [0.5, 0.6) is 0 Å². The molecule has 0 rings (SSSR count). The molecule has 0 aromatic carbocycles. The second kappa shape index (κ2) is 10.0. The molecule has 0 aromatic rings. The molecule has 0 fully saturated rings. The second-order valence-electron chi connectivity index (χ2n) is 4.34. The van der Waals surface area contributed by atoms with Gasteiger partial charge in [-0.15, -0.1) is 0 Å². The van der Waals surface area contributed by atoms with Crippen LogP contribution >= 0.6 is 0 Å². The smallest absolute Gasteiger partial charge is 0.210 e. The van der Waals surface area contributed by atoms with E-state index < -0.39 is 0 Å². The molecule has 1 amide bonds. The summed E-state index contributed by atoms with van der Waals surface area (Å²) in [6.45, 7) is 14.7.